The molecule has 0 saturated carbocycles. The van der Waals surface area contributed by atoms with E-state index in [0.29, 0.717) is 28.8 Å². The molecule has 152 valence electrons. The topological polar surface area (TPSA) is 56.2 Å². The zero-order valence-electron chi connectivity index (χ0n) is 17.0. The van der Waals surface area contributed by atoms with E-state index in [0.717, 1.165) is 17.9 Å². The standard InChI is InChI=1S/C23H26ClN3O2/c1-4-27-14-21(24)22(26-27)13-25-23(28)19-7-5-6-17(12-19)15-29-20-10-8-18(9-11-20)16(2)3/h5-12,14,16H,4,13,15H2,1-3H3,(H,25,28). The van der Waals surface area contributed by atoms with E-state index in [1.807, 2.05) is 37.3 Å². The van der Waals surface area contributed by atoms with E-state index in [1.54, 1.807) is 16.9 Å². The molecule has 0 unspecified atom stereocenters. The summed E-state index contributed by atoms with van der Waals surface area (Å²) < 4.78 is 7.61. The zero-order valence-corrected chi connectivity index (χ0v) is 17.7. The lowest BCUT2D eigenvalue weighted by atomic mass is 10.0. The Kier molecular flexibility index (Phi) is 6.94. The number of aryl methyl sites for hydroxylation is 1. The van der Waals surface area contributed by atoms with Crippen molar-refractivity contribution in [1.82, 2.24) is 15.1 Å². The number of ether oxygens (including phenoxy) is 1. The lowest BCUT2D eigenvalue weighted by Gasteiger charge is -2.10. The van der Waals surface area contributed by atoms with Gasteiger partial charge in [0.1, 0.15) is 18.1 Å². The van der Waals surface area contributed by atoms with Crippen LogP contribution in [0.25, 0.3) is 0 Å². The average molecular weight is 412 g/mol. The Balaban J connectivity index is 1.58. The van der Waals surface area contributed by atoms with Crippen LogP contribution >= 0.6 is 11.6 Å². The summed E-state index contributed by atoms with van der Waals surface area (Å²) in [6.07, 6.45) is 1.76. The van der Waals surface area contributed by atoms with Gasteiger partial charge >= 0.3 is 0 Å². The van der Waals surface area contributed by atoms with Gasteiger partial charge in [-0.1, -0.05) is 49.7 Å². The van der Waals surface area contributed by atoms with E-state index in [2.05, 4.69) is 36.4 Å². The molecule has 1 N–H and O–H groups in total. The van der Waals surface area contributed by atoms with Gasteiger partial charge in [0.05, 0.1) is 11.6 Å². The highest BCUT2D eigenvalue weighted by Gasteiger charge is 2.10. The van der Waals surface area contributed by atoms with Crippen molar-refractivity contribution in [3.05, 3.63) is 82.1 Å². The van der Waals surface area contributed by atoms with Crippen molar-refractivity contribution in [2.75, 3.05) is 0 Å². The number of carbonyl (C=O) groups excluding carboxylic acids is 1. The molecule has 2 aromatic carbocycles. The number of aromatic nitrogens is 2. The molecule has 0 fully saturated rings. The molecular weight excluding hydrogens is 386 g/mol. The third-order valence-corrected chi connectivity index (χ3v) is 4.98. The van der Waals surface area contributed by atoms with Crippen LogP contribution in [-0.2, 0) is 19.7 Å². The fourth-order valence-electron chi connectivity index (χ4n) is 2.90. The van der Waals surface area contributed by atoms with E-state index < -0.39 is 0 Å². The summed E-state index contributed by atoms with van der Waals surface area (Å²) >= 11 is 6.15. The smallest absolute Gasteiger partial charge is 0.251 e. The van der Waals surface area contributed by atoms with Crippen molar-refractivity contribution in [1.29, 1.82) is 0 Å². The second-order valence-corrected chi connectivity index (χ2v) is 7.58. The molecule has 3 aromatic rings. The SMILES string of the molecule is CCn1cc(Cl)c(CNC(=O)c2cccc(COc3ccc(C(C)C)cc3)c2)n1. The Morgan fingerprint density at radius 1 is 1.21 bits per heavy atom. The van der Waals surface area contributed by atoms with Gasteiger partial charge in [-0.15, -0.1) is 0 Å². The number of hydrogen-bond acceptors (Lipinski definition) is 3. The highest BCUT2D eigenvalue weighted by molar-refractivity contribution is 6.31. The minimum atomic E-state index is -0.171. The second-order valence-electron chi connectivity index (χ2n) is 7.17. The molecule has 0 aliphatic carbocycles. The van der Waals surface area contributed by atoms with Crippen LogP contribution in [0.5, 0.6) is 5.75 Å². The van der Waals surface area contributed by atoms with Gasteiger partial charge < -0.3 is 10.1 Å². The summed E-state index contributed by atoms with van der Waals surface area (Å²) in [6.45, 7) is 7.72. The number of nitrogens with one attached hydrogen (secondary N) is 1. The van der Waals surface area contributed by atoms with Gasteiger partial charge in [-0.05, 0) is 48.2 Å². The van der Waals surface area contributed by atoms with Crippen LogP contribution in [0.1, 0.15) is 53.9 Å². The maximum Gasteiger partial charge on any atom is 0.251 e. The Labute approximate surface area is 176 Å². The first-order chi connectivity index (χ1) is 14.0. The number of hydrogen-bond donors (Lipinski definition) is 1. The number of halogens is 1. The van der Waals surface area contributed by atoms with Crippen LogP contribution in [-0.4, -0.2) is 15.7 Å². The highest BCUT2D eigenvalue weighted by Crippen LogP contribution is 2.20. The van der Waals surface area contributed by atoms with Crippen LogP contribution in [0.15, 0.2) is 54.7 Å². The van der Waals surface area contributed by atoms with E-state index in [4.69, 9.17) is 16.3 Å². The molecule has 6 heteroatoms. The number of nitrogens with zero attached hydrogens (tertiary/aromatic N) is 2. The maximum atomic E-state index is 12.5. The first-order valence-corrected chi connectivity index (χ1v) is 10.2. The Morgan fingerprint density at radius 3 is 2.62 bits per heavy atom. The third-order valence-electron chi connectivity index (χ3n) is 4.67. The van der Waals surface area contributed by atoms with Gasteiger partial charge in [0, 0.05) is 18.3 Å². The summed E-state index contributed by atoms with van der Waals surface area (Å²) in [4.78, 5) is 12.5. The molecule has 1 heterocycles. The van der Waals surface area contributed by atoms with Gasteiger partial charge in [0.15, 0.2) is 0 Å². The van der Waals surface area contributed by atoms with Crippen LogP contribution in [0.2, 0.25) is 5.02 Å². The molecule has 3 rings (SSSR count). The zero-order chi connectivity index (χ0) is 20.8. The van der Waals surface area contributed by atoms with Crippen LogP contribution in [0, 0.1) is 0 Å². The molecule has 0 spiro atoms. The van der Waals surface area contributed by atoms with Crippen molar-refractivity contribution in [2.45, 2.75) is 46.4 Å². The fraction of sp³-hybridized carbons (Fsp3) is 0.304. The maximum absolute atomic E-state index is 12.5. The predicted octanol–water partition coefficient (Wildman–Crippen LogP) is 5.19. The molecule has 0 saturated heterocycles. The summed E-state index contributed by atoms with van der Waals surface area (Å²) in [7, 11) is 0. The number of benzene rings is 2. The molecule has 1 aromatic heterocycles. The van der Waals surface area contributed by atoms with Crippen molar-refractivity contribution in [3.63, 3.8) is 0 Å². The minimum Gasteiger partial charge on any atom is -0.489 e. The van der Waals surface area contributed by atoms with Gasteiger partial charge in [0.2, 0.25) is 0 Å². The van der Waals surface area contributed by atoms with E-state index in [1.165, 1.54) is 5.56 Å². The van der Waals surface area contributed by atoms with Crippen LogP contribution in [0.4, 0.5) is 0 Å². The quantitative estimate of drug-likeness (QED) is 0.555. The van der Waals surface area contributed by atoms with Gasteiger partial charge in [0.25, 0.3) is 5.91 Å². The Morgan fingerprint density at radius 2 is 1.97 bits per heavy atom. The second kappa shape index (κ2) is 9.61. The van der Waals surface area contributed by atoms with Gasteiger partial charge in [-0.2, -0.15) is 5.10 Å². The Hall–Kier alpha value is -2.79. The monoisotopic (exact) mass is 411 g/mol. The van der Waals surface area contributed by atoms with Crippen LogP contribution < -0.4 is 10.1 Å². The molecule has 0 aliphatic rings. The molecule has 5 nitrogen and oxygen atoms in total. The molecule has 0 bridgehead atoms. The molecular formula is C23H26ClN3O2. The summed E-state index contributed by atoms with van der Waals surface area (Å²) in [6, 6.07) is 15.5. The molecule has 0 atom stereocenters. The molecule has 0 aliphatic heterocycles. The highest BCUT2D eigenvalue weighted by atomic mass is 35.5. The molecule has 29 heavy (non-hydrogen) atoms. The predicted molar refractivity (Wildman–Crippen MR) is 115 cm³/mol. The number of carbonyl (C=O) groups is 1. The first kappa shape index (κ1) is 20.9. The fourth-order valence-corrected chi connectivity index (χ4v) is 3.12. The molecule has 0 radical (unpaired) electrons. The normalized spacial score (nSPS) is 10.9. The van der Waals surface area contributed by atoms with E-state index >= 15 is 0 Å². The molecule has 1 amide bonds. The largest absolute Gasteiger partial charge is 0.489 e. The average Bonchev–Trinajstić information content (AvgIpc) is 3.10. The summed E-state index contributed by atoms with van der Waals surface area (Å²) in [5.41, 5.74) is 3.44. The number of amides is 1. The van der Waals surface area contributed by atoms with Crippen molar-refractivity contribution < 1.29 is 9.53 Å². The van der Waals surface area contributed by atoms with Crippen LogP contribution in [0.3, 0.4) is 0 Å². The van der Waals surface area contributed by atoms with Crippen molar-refractivity contribution in [2.24, 2.45) is 0 Å². The summed E-state index contributed by atoms with van der Waals surface area (Å²) in [5, 5.41) is 7.77. The van der Waals surface area contributed by atoms with E-state index in [9.17, 15) is 4.79 Å². The lowest BCUT2D eigenvalue weighted by Crippen LogP contribution is -2.23. The lowest BCUT2D eigenvalue weighted by molar-refractivity contribution is 0.0950. The van der Waals surface area contributed by atoms with E-state index in [-0.39, 0.29) is 12.5 Å². The van der Waals surface area contributed by atoms with Crippen molar-refractivity contribution >= 4 is 17.5 Å². The first-order valence-electron chi connectivity index (χ1n) is 9.78. The number of rotatable bonds is 8. The minimum absolute atomic E-state index is 0.171. The third kappa shape index (κ3) is 5.61. The Bertz CT molecular complexity index is 965. The van der Waals surface area contributed by atoms with Gasteiger partial charge in [-0.3, -0.25) is 9.48 Å². The van der Waals surface area contributed by atoms with Gasteiger partial charge in [-0.25, -0.2) is 0 Å². The summed E-state index contributed by atoms with van der Waals surface area (Å²) in [5.74, 6) is 1.13. The van der Waals surface area contributed by atoms with Crippen molar-refractivity contribution in [3.8, 4) is 5.75 Å².